The largest absolute Gasteiger partial charge is 0.493 e. The molecule has 0 spiro atoms. The van der Waals surface area contributed by atoms with Crippen molar-refractivity contribution in [3.63, 3.8) is 0 Å². The second-order valence-corrected chi connectivity index (χ2v) is 25.3. The average Bonchev–Trinajstić information content (AvgIpc) is 1.54. The summed E-state index contributed by atoms with van der Waals surface area (Å²) >= 11 is 0. The molecule has 8 bridgehead atoms. The van der Waals surface area contributed by atoms with Crippen molar-refractivity contribution < 1.29 is 77.7 Å². The zero-order chi connectivity index (χ0) is 62.5. The fourth-order valence-electron chi connectivity index (χ4n) is 9.46. The minimum atomic E-state index is -1.61. The molecule has 20 nitrogen and oxygen atoms in total. The second-order valence-electron chi connectivity index (χ2n) is 25.3. The molecule has 4 aromatic rings. The molecule has 0 saturated heterocycles. The molecule has 0 aliphatic heterocycles. The van der Waals surface area contributed by atoms with Crippen molar-refractivity contribution in [1.82, 2.24) is 21.3 Å². The fraction of sp³-hybridized carbons (Fsp3) is 0.500. The Hall–Kier alpha value is -8.16. The van der Waals surface area contributed by atoms with Crippen molar-refractivity contribution in [2.45, 2.75) is 156 Å². The summed E-state index contributed by atoms with van der Waals surface area (Å²) in [5, 5.41) is 46.8. The van der Waals surface area contributed by atoms with Crippen LogP contribution in [0.25, 0.3) is 0 Å². The van der Waals surface area contributed by atoms with Crippen LogP contribution in [0.5, 0.6) is 23.0 Å². The van der Waals surface area contributed by atoms with Crippen molar-refractivity contribution in [3.05, 3.63) is 115 Å². The second kappa shape index (κ2) is 28.4. The van der Waals surface area contributed by atoms with Crippen LogP contribution in [0.1, 0.15) is 176 Å². The molecule has 1 aliphatic rings. The van der Waals surface area contributed by atoms with E-state index in [1.807, 2.05) is 0 Å². The third kappa shape index (κ3) is 18.9. The molecule has 0 fully saturated rings. The molecule has 0 aromatic heterocycles. The van der Waals surface area contributed by atoms with E-state index in [1.165, 1.54) is 0 Å². The standard InChI is InChI=1S/C64H84N4O16/c1-61(2,3)45-29-37-25-39-31-46(62(4,5)6)33-41(50(39)82-22-14-18-66-54(70)58(75)76)27-43-35-48(64(10,11)12)36-44(52(43)84-24-16-20-68-56(72)60(79)80)28-42-34-47(63(7,8)9)32-40(51(42)83-23-15-19-67-55(71)59(77)78)26-38(30-45)49(37)81-21-13-17-65-53(69)57(73)74/h29-36H,13-28H2,1-12H3,(H,65,69)(H,66,70)(H,67,71)(H,68,72)(H,73,74)(H,75,76)(H,77,78)(H,79,80). The normalized spacial score (nSPS) is 12.5. The molecule has 456 valence electrons. The van der Waals surface area contributed by atoms with Gasteiger partial charge in [0.15, 0.2) is 0 Å². The van der Waals surface area contributed by atoms with Crippen LogP contribution in [-0.4, -0.2) is 121 Å². The van der Waals surface area contributed by atoms with Crippen LogP contribution in [0, 0.1) is 0 Å². The Morgan fingerprint density at radius 1 is 0.321 bits per heavy atom. The smallest absolute Gasteiger partial charge is 0.394 e. The van der Waals surface area contributed by atoms with Gasteiger partial charge < -0.3 is 60.6 Å². The van der Waals surface area contributed by atoms with E-state index in [0.717, 1.165) is 66.8 Å². The zero-order valence-electron chi connectivity index (χ0n) is 50.6. The maximum atomic E-state index is 12.1. The minimum Gasteiger partial charge on any atom is -0.493 e. The number of hydrogen-bond acceptors (Lipinski definition) is 12. The third-order valence-corrected chi connectivity index (χ3v) is 14.1. The maximum Gasteiger partial charge on any atom is 0.394 e. The number of amides is 4. The first kappa shape index (κ1) is 66.6. The molecule has 0 atom stereocenters. The highest BCUT2D eigenvalue weighted by molar-refractivity contribution is 6.32. The van der Waals surface area contributed by atoms with Gasteiger partial charge in [0.25, 0.3) is 0 Å². The minimum absolute atomic E-state index is 0.0176. The lowest BCUT2D eigenvalue weighted by molar-refractivity contribution is -0.150. The summed E-state index contributed by atoms with van der Waals surface area (Å²) in [4.78, 5) is 94.1. The van der Waals surface area contributed by atoms with Gasteiger partial charge in [0, 0.05) is 51.9 Å². The average molecular weight is 1170 g/mol. The van der Waals surface area contributed by atoms with Crippen LogP contribution in [0.3, 0.4) is 0 Å². The summed E-state index contributed by atoms with van der Waals surface area (Å²) in [6.07, 6.45) is 2.01. The van der Waals surface area contributed by atoms with Crippen LogP contribution >= 0.6 is 0 Å². The van der Waals surface area contributed by atoms with E-state index < -0.39 is 69.2 Å². The summed E-state index contributed by atoms with van der Waals surface area (Å²) in [5.41, 5.74) is 8.58. The van der Waals surface area contributed by atoms with Crippen molar-refractivity contribution in [3.8, 4) is 23.0 Å². The summed E-state index contributed by atoms with van der Waals surface area (Å²) in [6.45, 7) is 25.8. The predicted molar refractivity (Wildman–Crippen MR) is 315 cm³/mol. The molecule has 8 N–H and O–H groups in total. The SMILES string of the molecule is CC(C)(C)c1cc2c(OCCCNC(=O)C(=O)O)c(c1)Cc1cc(C(C)(C)C)cc(c1OCCCNC(=O)C(=O)O)Cc1cc(C(C)(C)C)cc(c1OCCCNC(=O)C(=O)O)Cc1cc(C(C)(C)C)cc(c1OCCCNC(=O)C(=O)O)C2. The van der Waals surface area contributed by atoms with Crippen LogP contribution in [-0.2, 0) is 85.7 Å². The van der Waals surface area contributed by atoms with E-state index in [4.69, 9.17) is 18.9 Å². The molecule has 1 aliphatic carbocycles. The van der Waals surface area contributed by atoms with Gasteiger partial charge in [0.1, 0.15) is 23.0 Å². The van der Waals surface area contributed by atoms with E-state index in [1.54, 1.807) is 0 Å². The van der Waals surface area contributed by atoms with E-state index in [-0.39, 0.29) is 104 Å². The number of nitrogens with one attached hydrogen (secondary N) is 4. The van der Waals surface area contributed by atoms with Crippen molar-refractivity contribution in [2.24, 2.45) is 0 Å². The van der Waals surface area contributed by atoms with Crippen LogP contribution < -0.4 is 40.2 Å². The van der Waals surface area contributed by atoms with Crippen LogP contribution in [0.15, 0.2) is 48.5 Å². The Morgan fingerprint density at radius 3 is 0.607 bits per heavy atom. The molecule has 0 heterocycles. The van der Waals surface area contributed by atoms with Gasteiger partial charge in [-0.2, -0.15) is 0 Å². The quantitative estimate of drug-likeness (QED) is 0.0277. The number of fused-ring (bicyclic) bond motifs is 8. The topological polar surface area (TPSA) is 303 Å². The summed E-state index contributed by atoms with van der Waals surface area (Å²) < 4.78 is 27.6. The van der Waals surface area contributed by atoms with Gasteiger partial charge in [0.2, 0.25) is 0 Å². The van der Waals surface area contributed by atoms with Gasteiger partial charge in [-0.05, 0) is 114 Å². The number of hydrogen-bond donors (Lipinski definition) is 8. The molecular weight excluding hydrogens is 1080 g/mol. The first-order chi connectivity index (χ1) is 39.1. The monoisotopic (exact) mass is 1160 g/mol. The summed E-state index contributed by atoms with van der Waals surface area (Å²) in [6, 6.07) is 16.9. The molecular formula is C64H84N4O16. The Kier molecular flexibility index (Phi) is 22.5. The molecule has 4 amide bonds. The first-order valence-electron chi connectivity index (χ1n) is 28.4. The number of aliphatic carboxylic acids is 4. The molecule has 0 saturated carbocycles. The Balaban J connectivity index is 1.93. The highest BCUT2D eigenvalue weighted by atomic mass is 16.5. The highest BCUT2D eigenvalue weighted by Gasteiger charge is 2.30. The lowest BCUT2D eigenvalue weighted by Crippen LogP contribution is -2.32. The number of rotatable bonds is 20. The van der Waals surface area contributed by atoms with Gasteiger partial charge in [-0.3, -0.25) is 19.2 Å². The molecule has 20 heteroatoms. The molecule has 4 aromatic carbocycles. The Morgan fingerprint density at radius 2 is 0.476 bits per heavy atom. The molecule has 84 heavy (non-hydrogen) atoms. The van der Waals surface area contributed by atoms with Crippen molar-refractivity contribution in [1.29, 1.82) is 0 Å². The van der Waals surface area contributed by atoms with Gasteiger partial charge in [0.05, 0.1) is 26.4 Å². The summed E-state index contributed by atoms with van der Waals surface area (Å²) in [5.74, 6) is -8.80. The highest BCUT2D eigenvalue weighted by Crippen LogP contribution is 2.44. The van der Waals surface area contributed by atoms with Gasteiger partial charge in [-0.25, -0.2) is 19.2 Å². The number of carbonyl (C=O) groups excluding carboxylic acids is 4. The number of ether oxygens (including phenoxy) is 4. The number of carboxylic acids is 4. The van der Waals surface area contributed by atoms with Gasteiger partial charge >= 0.3 is 47.5 Å². The van der Waals surface area contributed by atoms with Gasteiger partial charge in [-0.1, -0.05) is 132 Å². The lowest BCUT2D eigenvalue weighted by atomic mass is 9.79. The van der Waals surface area contributed by atoms with Crippen LogP contribution in [0.4, 0.5) is 0 Å². The Labute approximate surface area is 491 Å². The predicted octanol–water partition coefficient (Wildman–Crippen LogP) is 7.43. The molecule has 0 radical (unpaired) electrons. The fourth-order valence-corrected chi connectivity index (χ4v) is 9.46. The van der Waals surface area contributed by atoms with Crippen LogP contribution in [0.2, 0.25) is 0 Å². The van der Waals surface area contributed by atoms with Gasteiger partial charge in [-0.15, -0.1) is 0 Å². The van der Waals surface area contributed by atoms with E-state index in [9.17, 15) is 58.8 Å². The van der Waals surface area contributed by atoms with E-state index in [0.29, 0.717) is 23.0 Å². The van der Waals surface area contributed by atoms with E-state index in [2.05, 4.69) is 153 Å². The number of carboxylic acid groups (broad SMARTS) is 4. The molecule has 5 rings (SSSR count). The molecule has 0 unspecified atom stereocenters. The summed E-state index contributed by atoms with van der Waals surface area (Å²) in [7, 11) is 0. The first-order valence-corrected chi connectivity index (χ1v) is 28.4. The lowest BCUT2D eigenvalue weighted by Gasteiger charge is -2.29. The van der Waals surface area contributed by atoms with Crippen molar-refractivity contribution >= 4 is 47.5 Å². The number of benzene rings is 4. The number of carbonyl (C=O) groups is 8. The van der Waals surface area contributed by atoms with Crippen molar-refractivity contribution in [2.75, 3.05) is 52.6 Å². The third-order valence-electron chi connectivity index (χ3n) is 14.1. The van der Waals surface area contributed by atoms with E-state index >= 15 is 0 Å². The Bertz CT molecular complexity index is 2610. The zero-order valence-corrected chi connectivity index (χ0v) is 50.6. The maximum absolute atomic E-state index is 12.1.